The zero-order valence-corrected chi connectivity index (χ0v) is 17.4. The van der Waals surface area contributed by atoms with E-state index in [0.717, 1.165) is 5.56 Å². The van der Waals surface area contributed by atoms with Crippen LogP contribution in [0.4, 0.5) is 8.78 Å². The lowest BCUT2D eigenvalue weighted by molar-refractivity contribution is -0.000100. The number of aryl methyl sites for hydroxylation is 1. The van der Waals surface area contributed by atoms with Gasteiger partial charge in [-0.3, -0.25) is 4.79 Å². The number of hydrogen-bond donors (Lipinski definition) is 0. The number of carbonyl (C=O) groups excluding carboxylic acids is 1. The molecule has 0 aliphatic carbocycles. The highest BCUT2D eigenvalue weighted by molar-refractivity contribution is 5.97. The molecule has 0 bridgehead atoms. The number of benzene rings is 2. The molecular weight excluding hydrogens is 404 g/mol. The van der Waals surface area contributed by atoms with E-state index >= 15 is 0 Å². The molecule has 2 aromatic carbocycles. The molecule has 0 spiro atoms. The Balaban J connectivity index is 1.40. The maximum atomic E-state index is 14.1. The lowest BCUT2D eigenvalue weighted by Crippen LogP contribution is -2.29. The Bertz CT molecular complexity index is 972. The zero-order valence-electron chi connectivity index (χ0n) is 17.4. The van der Waals surface area contributed by atoms with Crippen molar-refractivity contribution >= 4 is 5.78 Å². The number of Topliss-reactive ketones (excluding diaryl/α,β-unsaturated/α-hetero) is 1. The van der Waals surface area contributed by atoms with E-state index in [1.165, 1.54) is 6.20 Å². The van der Waals surface area contributed by atoms with Crippen LogP contribution in [-0.4, -0.2) is 23.3 Å². The Morgan fingerprint density at radius 2 is 1.77 bits per heavy atom. The number of ketones is 1. The molecule has 0 unspecified atom stereocenters. The summed E-state index contributed by atoms with van der Waals surface area (Å²) in [6, 6.07) is 17.0. The second kappa shape index (κ2) is 10.7. The average molecular weight is 429 g/mol. The van der Waals surface area contributed by atoms with Gasteiger partial charge in [-0.05, 0) is 30.5 Å². The molecule has 164 valence electrons. The molecule has 3 aromatic rings. The molecule has 1 heterocycles. The molecule has 0 atom stereocenters. The molecule has 0 amide bonds. The van der Waals surface area contributed by atoms with Gasteiger partial charge in [-0.25, -0.2) is 4.98 Å². The first-order chi connectivity index (χ1) is 15.0. The summed E-state index contributed by atoms with van der Waals surface area (Å²) in [6.07, 6.45) is 1.71. The zero-order chi connectivity index (χ0) is 22.1. The van der Waals surface area contributed by atoms with Crippen molar-refractivity contribution in [3.8, 4) is 11.5 Å². The van der Waals surface area contributed by atoms with Crippen LogP contribution >= 0.6 is 0 Å². The number of ether oxygens (including phenoxy) is 2. The lowest BCUT2D eigenvalue weighted by Gasteiger charge is -2.13. The quantitative estimate of drug-likeness (QED) is 0.266. The highest BCUT2D eigenvalue weighted by atomic mass is 19.3. The summed E-state index contributed by atoms with van der Waals surface area (Å²) < 4.78 is 44.7. The van der Waals surface area contributed by atoms with E-state index in [0.29, 0.717) is 36.7 Å². The summed E-state index contributed by atoms with van der Waals surface area (Å²) in [6.45, 7) is 2.49. The standard InChI is InChI=1S/C24H25F2NO4/c1-2-19-16-27-23(31-19)22(28)24(25,26)13-6-7-14-29-20-11-8-12-21(15-20)30-17-18-9-4-3-5-10-18/h3-5,8-12,15-16H,2,6-7,13-14,17H2,1H3. The molecule has 0 radical (unpaired) electrons. The number of nitrogens with zero attached hydrogens (tertiary/aromatic N) is 1. The van der Waals surface area contributed by atoms with E-state index in [4.69, 9.17) is 13.9 Å². The Morgan fingerprint density at radius 1 is 1.03 bits per heavy atom. The third kappa shape index (κ3) is 6.64. The fourth-order valence-corrected chi connectivity index (χ4v) is 2.88. The van der Waals surface area contributed by atoms with E-state index in [1.807, 2.05) is 42.5 Å². The van der Waals surface area contributed by atoms with Crippen molar-refractivity contribution in [2.45, 2.75) is 45.1 Å². The van der Waals surface area contributed by atoms with Crippen molar-refractivity contribution in [1.29, 1.82) is 0 Å². The summed E-state index contributed by atoms with van der Waals surface area (Å²) >= 11 is 0. The van der Waals surface area contributed by atoms with Crippen molar-refractivity contribution in [3.05, 3.63) is 78.0 Å². The van der Waals surface area contributed by atoms with Gasteiger partial charge < -0.3 is 13.9 Å². The van der Waals surface area contributed by atoms with Gasteiger partial charge in [0.05, 0.1) is 12.8 Å². The Hall–Kier alpha value is -3.22. The molecule has 3 rings (SSSR count). The summed E-state index contributed by atoms with van der Waals surface area (Å²) in [5.74, 6) is -3.76. The Labute approximate surface area is 180 Å². The van der Waals surface area contributed by atoms with E-state index in [9.17, 15) is 13.6 Å². The normalized spacial score (nSPS) is 11.3. The molecule has 5 nitrogen and oxygen atoms in total. The Kier molecular flexibility index (Phi) is 7.76. The SMILES string of the molecule is CCc1cnc(C(=O)C(F)(F)CCCCOc2cccc(OCc3ccccc3)c2)o1. The van der Waals surface area contributed by atoms with Crippen LogP contribution in [0.1, 0.15) is 48.2 Å². The van der Waals surface area contributed by atoms with Gasteiger partial charge in [0.25, 0.3) is 11.7 Å². The second-order valence-corrected chi connectivity index (χ2v) is 7.07. The molecule has 1 aromatic heterocycles. The number of carbonyl (C=O) groups is 1. The van der Waals surface area contributed by atoms with Crippen LogP contribution in [0.3, 0.4) is 0 Å². The first kappa shape index (κ1) is 22.5. The molecule has 0 saturated heterocycles. The predicted octanol–water partition coefficient (Wildman–Crippen LogP) is 5.88. The number of alkyl halides is 2. The summed E-state index contributed by atoms with van der Waals surface area (Å²) in [4.78, 5) is 15.6. The largest absolute Gasteiger partial charge is 0.493 e. The van der Waals surface area contributed by atoms with E-state index in [1.54, 1.807) is 19.1 Å². The van der Waals surface area contributed by atoms with Gasteiger partial charge in [0.1, 0.15) is 23.9 Å². The molecule has 31 heavy (non-hydrogen) atoms. The third-order valence-electron chi connectivity index (χ3n) is 4.64. The number of hydrogen-bond acceptors (Lipinski definition) is 5. The number of aromatic nitrogens is 1. The van der Waals surface area contributed by atoms with Gasteiger partial charge in [0, 0.05) is 18.9 Å². The molecule has 0 fully saturated rings. The molecule has 7 heteroatoms. The van der Waals surface area contributed by atoms with Gasteiger partial charge in [0.15, 0.2) is 0 Å². The van der Waals surface area contributed by atoms with E-state index in [-0.39, 0.29) is 13.0 Å². The molecule has 0 aliphatic rings. The fraction of sp³-hybridized carbons (Fsp3) is 0.333. The van der Waals surface area contributed by atoms with Gasteiger partial charge in [0.2, 0.25) is 0 Å². The molecule has 0 saturated carbocycles. The maximum Gasteiger partial charge on any atom is 0.314 e. The topological polar surface area (TPSA) is 61.6 Å². The van der Waals surface area contributed by atoms with Crippen molar-refractivity contribution in [1.82, 2.24) is 4.98 Å². The maximum absolute atomic E-state index is 14.1. The number of rotatable bonds is 12. The van der Waals surface area contributed by atoms with Crippen LogP contribution in [0.15, 0.2) is 65.2 Å². The third-order valence-corrected chi connectivity index (χ3v) is 4.64. The fourth-order valence-electron chi connectivity index (χ4n) is 2.88. The van der Waals surface area contributed by atoms with Crippen LogP contribution in [0.5, 0.6) is 11.5 Å². The molecular formula is C24H25F2NO4. The highest BCUT2D eigenvalue weighted by Crippen LogP contribution is 2.27. The first-order valence-electron chi connectivity index (χ1n) is 10.2. The van der Waals surface area contributed by atoms with Gasteiger partial charge in [-0.2, -0.15) is 8.78 Å². The van der Waals surface area contributed by atoms with Gasteiger partial charge >= 0.3 is 5.92 Å². The molecule has 0 aliphatic heterocycles. The van der Waals surface area contributed by atoms with Crippen LogP contribution < -0.4 is 9.47 Å². The number of oxazole rings is 1. The first-order valence-corrected chi connectivity index (χ1v) is 10.2. The highest BCUT2D eigenvalue weighted by Gasteiger charge is 2.41. The van der Waals surface area contributed by atoms with Crippen molar-refractivity contribution in [2.24, 2.45) is 0 Å². The van der Waals surface area contributed by atoms with Gasteiger partial charge in [-0.15, -0.1) is 0 Å². The Morgan fingerprint density at radius 3 is 2.48 bits per heavy atom. The van der Waals surface area contributed by atoms with Crippen LogP contribution in [0, 0.1) is 0 Å². The predicted molar refractivity (Wildman–Crippen MR) is 112 cm³/mol. The van der Waals surface area contributed by atoms with Crippen LogP contribution in [0.2, 0.25) is 0 Å². The monoisotopic (exact) mass is 429 g/mol. The van der Waals surface area contributed by atoms with Crippen molar-refractivity contribution in [2.75, 3.05) is 6.61 Å². The van der Waals surface area contributed by atoms with Crippen molar-refractivity contribution < 1.29 is 27.5 Å². The average Bonchev–Trinajstić information content (AvgIpc) is 3.27. The second-order valence-electron chi connectivity index (χ2n) is 7.07. The smallest absolute Gasteiger partial charge is 0.314 e. The molecule has 0 N–H and O–H groups in total. The number of unbranched alkanes of at least 4 members (excludes halogenated alkanes) is 1. The van der Waals surface area contributed by atoms with Crippen LogP contribution in [-0.2, 0) is 13.0 Å². The van der Waals surface area contributed by atoms with Crippen molar-refractivity contribution in [3.63, 3.8) is 0 Å². The number of halogens is 2. The van der Waals surface area contributed by atoms with Crippen LogP contribution in [0.25, 0.3) is 0 Å². The lowest BCUT2D eigenvalue weighted by atomic mass is 10.1. The summed E-state index contributed by atoms with van der Waals surface area (Å²) in [7, 11) is 0. The van der Waals surface area contributed by atoms with E-state index in [2.05, 4.69) is 4.98 Å². The summed E-state index contributed by atoms with van der Waals surface area (Å²) in [5.41, 5.74) is 1.06. The summed E-state index contributed by atoms with van der Waals surface area (Å²) in [5, 5.41) is 0. The minimum Gasteiger partial charge on any atom is -0.493 e. The van der Waals surface area contributed by atoms with E-state index < -0.39 is 24.0 Å². The minimum atomic E-state index is -3.51. The minimum absolute atomic E-state index is 0.129. The van der Waals surface area contributed by atoms with Gasteiger partial charge in [-0.1, -0.05) is 43.3 Å².